The summed E-state index contributed by atoms with van der Waals surface area (Å²) < 4.78 is 7.94. The fourth-order valence-electron chi connectivity index (χ4n) is 5.60. The number of fused-ring (bicyclic) bond motifs is 1. The molecule has 2 heterocycles. The van der Waals surface area contributed by atoms with Crippen LogP contribution in [0.1, 0.15) is 50.6 Å². The maximum atomic E-state index is 13.7. The lowest BCUT2D eigenvalue weighted by Crippen LogP contribution is -2.15. The Morgan fingerprint density at radius 2 is 1.74 bits per heavy atom. The lowest BCUT2D eigenvalue weighted by atomic mass is 9.98. The summed E-state index contributed by atoms with van der Waals surface area (Å²) >= 11 is 6.32. The number of aromatic nitrogens is 3. The fraction of sp³-hybridized carbons (Fsp3) is 0.265. The van der Waals surface area contributed by atoms with Gasteiger partial charge in [0.15, 0.2) is 0 Å². The van der Waals surface area contributed by atoms with Gasteiger partial charge in [0.1, 0.15) is 11.4 Å². The van der Waals surface area contributed by atoms with Crippen LogP contribution in [0.2, 0.25) is 5.02 Å². The molecule has 2 aromatic heterocycles. The Labute approximate surface area is 255 Å². The van der Waals surface area contributed by atoms with E-state index in [9.17, 15) is 9.59 Å². The second-order valence-electron chi connectivity index (χ2n) is 10.9. The Hall–Kier alpha value is -4.56. The molecule has 3 aromatic carbocycles. The number of carbonyl (C=O) groups excluding carboxylic acids is 1. The average Bonchev–Trinajstić information content (AvgIpc) is 3.46. The molecule has 0 unspecified atom stereocenters. The number of amides is 1. The van der Waals surface area contributed by atoms with Crippen molar-refractivity contribution in [2.24, 2.45) is 7.05 Å². The molecule has 5 aromatic rings. The number of halogens is 1. The van der Waals surface area contributed by atoms with E-state index in [1.807, 2.05) is 63.7 Å². The van der Waals surface area contributed by atoms with Crippen molar-refractivity contribution >= 4 is 40.1 Å². The molecule has 0 bridgehead atoms. The minimum atomic E-state index is -0.903. The number of H-pyrrole nitrogens is 1. The van der Waals surface area contributed by atoms with Gasteiger partial charge in [-0.2, -0.15) is 5.10 Å². The van der Waals surface area contributed by atoms with Crippen molar-refractivity contribution in [2.45, 2.75) is 47.0 Å². The highest BCUT2D eigenvalue weighted by Gasteiger charge is 2.22. The van der Waals surface area contributed by atoms with Crippen LogP contribution in [0.25, 0.3) is 22.0 Å². The highest BCUT2D eigenvalue weighted by Crippen LogP contribution is 2.36. The van der Waals surface area contributed by atoms with Gasteiger partial charge in [0.05, 0.1) is 24.2 Å². The number of aliphatic carboxylic acids is 1. The van der Waals surface area contributed by atoms with Crippen molar-refractivity contribution in [3.05, 3.63) is 99.0 Å². The molecular formula is C34H35ClN4O4. The first-order valence-corrected chi connectivity index (χ1v) is 14.6. The van der Waals surface area contributed by atoms with Crippen molar-refractivity contribution in [2.75, 3.05) is 11.9 Å². The minimum absolute atomic E-state index is 0.0758. The number of aromatic amines is 1. The Balaban J connectivity index is 1.46. The van der Waals surface area contributed by atoms with E-state index in [1.54, 1.807) is 24.3 Å². The summed E-state index contributed by atoms with van der Waals surface area (Å²) in [5.41, 5.74) is 9.43. The number of para-hydroxylation sites is 1. The van der Waals surface area contributed by atoms with Gasteiger partial charge in [-0.25, -0.2) is 0 Å². The van der Waals surface area contributed by atoms with Crippen LogP contribution >= 0.6 is 11.6 Å². The van der Waals surface area contributed by atoms with Gasteiger partial charge >= 0.3 is 5.97 Å². The number of carboxylic acid groups (broad SMARTS) is 1. The molecule has 0 saturated carbocycles. The summed E-state index contributed by atoms with van der Waals surface area (Å²) in [6.07, 6.45) is 1.22. The molecular weight excluding hydrogens is 564 g/mol. The number of aryl methyl sites for hydroxylation is 5. The first kappa shape index (κ1) is 29.9. The number of hydrogen-bond acceptors (Lipinski definition) is 4. The van der Waals surface area contributed by atoms with Crippen LogP contribution in [0.5, 0.6) is 5.75 Å². The summed E-state index contributed by atoms with van der Waals surface area (Å²) in [5, 5.41) is 18.4. The molecule has 43 heavy (non-hydrogen) atoms. The molecule has 9 heteroatoms. The molecule has 3 N–H and O–H groups in total. The van der Waals surface area contributed by atoms with Gasteiger partial charge in [-0.3, -0.25) is 14.3 Å². The second-order valence-corrected chi connectivity index (χ2v) is 11.3. The maximum Gasteiger partial charge on any atom is 0.307 e. The first-order chi connectivity index (χ1) is 20.5. The molecule has 0 radical (unpaired) electrons. The topological polar surface area (TPSA) is 109 Å². The zero-order valence-electron chi connectivity index (χ0n) is 25.0. The molecule has 0 saturated heterocycles. The standard InChI is InChI=1S/C34H35ClN4O4/c1-19-16-25(17-20(2)31(19)35)43-15-7-10-27-26-8-6-9-28(30-21(3)38-39(5)22(30)4)32(26)37-33(27)34(42)36-24-13-11-23(12-14-24)18-29(40)41/h6,8-9,11-14,16-17,37H,7,10,15,18H2,1-5H3,(H,36,42)(H,40,41). The van der Waals surface area contributed by atoms with E-state index >= 15 is 0 Å². The molecule has 0 fully saturated rings. The van der Waals surface area contributed by atoms with Gasteiger partial charge in [-0.15, -0.1) is 0 Å². The smallest absolute Gasteiger partial charge is 0.307 e. The highest BCUT2D eigenvalue weighted by molar-refractivity contribution is 6.32. The van der Waals surface area contributed by atoms with Crippen LogP contribution in [0.3, 0.4) is 0 Å². The zero-order chi connectivity index (χ0) is 30.8. The molecule has 0 aliphatic heterocycles. The van der Waals surface area contributed by atoms with Crippen LogP contribution in [-0.2, 0) is 24.7 Å². The summed E-state index contributed by atoms with van der Waals surface area (Å²) in [4.78, 5) is 28.2. The van der Waals surface area contributed by atoms with Crippen LogP contribution < -0.4 is 10.1 Å². The molecule has 0 aliphatic carbocycles. The van der Waals surface area contributed by atoms with E-state index in [-0.39, 0.29) is 12.3 Å². The lowest BCUT2D eigenvalue weighted by molar-refractivity contribution is -0.136. The molecule has 1 amide bonds. The van der Waals surface area contributed by atoms with Crippen LogP contribution in [0, 0.1) is 27.7 Å². The van der Waals surface area contributed by atoms with E-state index in [0.717, 1.165) is 60.9 Å². The van der Waals surface area contributed by atoms with Gasteiger partial charge in [-0.05, 0) is 87.1 Å². The van der Waals surface area contributed by atoms with Gasteiger partial charge in [0.2, 0.25) is 0 Å². The number of nitrogens with one attached hydrogen (secondary N) is 2. The van der Waals surface area contributed by atoms with Crippen LogP contribution in [0.15, 0.2) is 54.6 Å². The first-order valence-electron chi connectivity index (χ1n) is 14.2. The molecule has 0 spiro atoms. The molecule has 8 nitrogen and oxygen atoms in total. The summed E-state index contributed by atoms with van der Waals surface area (Å²) in [7, 11) is 1.93. The predicted molar refractivity (Wildman–Crippen MR) is 170 cm³/mol. The molecule has 0 atom stereocenters. The Morgan fingerprint density at radius 1 is 1.05 bits per heavy atom. The second kappa shape index (κ2) is 12.4. The van der Waals surface area contributed by atoms with Crippen LogP contribution in [0.4, 0.5) is 5.69 Å². The molecule has 0 aliphatic rings. The van der Waals surface area contributed by atoms with Crippen molar-refractivity contribution < 1.29 is 19.4 Å². The van der Waals surface area contributed by atoms with Crippen LogP contribution in [-0.4, -0.2) is 38.4 Å². The summed E-state index contributed by atoms with van der Waals surface area (Å²) in [6.45, 7) is 8.42. The lowest BCUT2D eigenvalue weighted by Gasteiger charge is -2.11. The number of rotatable bonds is 10. The number of carbonyl (C=O) groups is 2. The van der Waals surface area contributed by atoms with Crippen molar-refractivity contribution in [1.29, 1.82) is 0 Å². The van der Waals surface area contributed by atoms with Crippen molar-refractivity contribution in [3.8, 4) is 16.9 Å². The largest absolute Gasteiger partial charge is 0.494 e. The summed E-state index contributed by atoms with van der Waals surface area (Å²) in [6, 6.07) is 16.8. The van der Waals surface area contributed by atoms with Gasteiger partial charge in [0, 0.05) is 40.0 Å². The molecule has 222 valence electrons. The quantitative estimate of drug-likeness (QED) is 0.146. The summed E-state index contributed by atoms with van der Waals surface area (Å²) in [5.74, 6) is -0.403. The maximum absolute atomic E-state index is 13.7. The fourth-order valence-corrected chi connectivity index (χ4v) is 5.71. The van der Waals surface area contributed by atoms with Gasteiger partial charge in [0.25, 0.3) is 5.91 Å². The third-order valence-corrected chi connectivity index (χ3v) is 8.36. The van der Waals surface area contributed by atoms with E-state index in [0.29, 0.717) is 36.4 Å². The number of ether oxygens (including phenoxy) is 1. The van der Waals surface area contributed by atoms with E-state index in [1.165, 1.54) is 0 Å². The number of nitrogens with zero attached hydrogens (tertiary/aromatic N) is 2. The van der Waals surface area contributed by atoms with E-state index < -0.39 is 5.97 Å². The highest BCUT2D eigenvalue weighted by atomic mass is 35.5. The van der Waals surface area contributed by atoms with Crippen molar-refractivity contribution in [1.82, 2.24) is 14.8 Å². The number of carboxylic acids is 1. The SMILES string of the molecule is Cc1cc(OCCCc2c(C(=O)Nc3ccc(CC(=O)O)cc3)[nH]c3c(-c4c(C)nn(C)c4C)cccc23)cc(C)c1Cl. The number of anilines is 1. The third kappa shape index (κ3) is 6.29. The van der Waals surface area contributed by atoms with Crippen molar-refractivity contribution in [3.63, 3.8) is 0 Å². The van der Waals surface area contributed by atoms with Gasteiger partial charge < -0.3 is 20.1 Å². The predicted octanol–water partition coefficient (Wildman–Crippen LogP) is 7.35. The average molecular weight is 599 g/mol. The Kier molecular flexibility index (Phi) is 8.59. The van der Waals surface area contributed by atoms with E-state index in [2.05, 4.69) is 21.5 Å². The monoisotopic (exact) mass is 598 g/mol. The zero-order valence-corrected chi connectivity index (χ0v) is 25.7. The Morgan fingerprint density at radius 3 is 2.37 bits per heavy atom. The third-order valence-electron chi connectivity index (χ3n) is 7.76. The van der Waals surface area contributed by atoms with Gasteiger partial charge in [-0.1, -0.05) is 41.9 Å². The molecule has 5 rings (SSSR count). The van der Waals surface area contributed by atoms with E-state index in [4.69, 9.17) is 21.4 Å². The number of benzene rings is 3. The Bertz CT molecular complexity index is 1810. The minimum Gasteiger partial charge on any atom is -0.494 e. The normalized spacial score (nSPS) is 11.2. The number of hydrogen-bond donors (Lipinski definition) is 3.